The highest BCUT2D eigenvalue weighted by Crippen LogP contribution is 2.45. The number of aliphatic hydroxyl groups excluding tert-OH is 1. The summed E-state index contributed by atoms with van der Waals surface area (Å²) in [6.07, 6.45) is 52.7. The lowest BCUT2D eigenvalue weighted by molar-refractivity contribution is -0.161. The first-order valence-corrected chi connectivity index (χ1v) is 41.5. The molecule has 6 atom stereocenters. The van der Waals surface area contributed by atoms with Gasteiger partial charge in [-0.3, -0.25) is 37.3 Å². The third-order valence-corrected chi connectivity index (χ3v) is 19.5. The maximum atomic E-state index is 13.1. The van der Waals surface area contributed by atoms with Crippen molar-refractivity contribution in [1.82, 2.24) is 0 Å². The number of unbranched alkanes of at least 4 members (excludes halogenated alkanes) is 42. The summed E-state index contributed by atoms with van der Waals surface area (Å²) in [4.78, 5) is 72.7. The molecule has 0 aromatic heterocycles. The van der Waals surface area contributed by atoms with Crippen molar-refractivity contribution in [3.05, 3.63) is 0 Å². The van der Waals surface area contributed by atoms with Crippen LogP contribution in [0.3, 0.4) is 0 Å². The van der Waals surface area contributed by atoms with E-state index in [1.807, 2.05) is 0 Å². The predicted molar refractivity (Wildman–Crippen MR) is 377 cm³/mol. The third-order valence-electron chi connectivity index (χ3n) is 17.6. The maximum Gasteiger partial charge on any atom is 0.472 e. The van der Waals surface area contributed by atoms with Crippen LogP contribution in [0, 0.1) is 11.8 Å². The van der Waals surface area contributed by atoms with Gasteiger partial charge in [-0.05, 0) is 37.5 Å². The van der Waals surface area contributed by atoms with Gasteiger partial charge in [0.05, 0.1) is 26.4 Å². The summed E-state index contributed by atoms with van der Waals surface area (Å²) in [5.41, 5.74) is 0. The number of hydrogen-bond donors (Lipinski definition) is 3. The van der Waals surface area contributed by atoms with Crippen molar-refractivity contribution in [2.75, 3.05) is 39.6 Å². The summed E-state index contributed by atoms with van der Waals surface area (Å²) in [5, 5.41) is 10.6. The lowest BCUT2D eigenvalue weighted by Gasteiger charge is -2.21. The van der Waals surface area contributed by atoms with Gasteiger partial charge in [-0.2, -0.15) is 0 Å². The summed E-state index contributed by atoms with van der Waals surface area (Å²) in [6.45, 7) is 9.52. The molecule has 0 aliphatic rings. The van der Waals surface area contributed by atoms with E-state index in [0.29, 0.717) is 31.6 Å². The van der Waals surface area contributed by atoms with Crippen LogP contribution in [0.4, 0.5) is 0 Å². The Morgan fingerprint density at radius 2 is 0.548 bits per heavy atom. The first-order valence-electron chi connectivity index (χ1n) is 38.5. The molecular weight excluding hydrogens is 1220 g/mol. The molecule has 0 saturated carbocycles. The zero-order valence-electron chi connectivity index (χ0n) is 60.6. The minimum absolute atomic E-state index is 0.104. The summed E-state index contributed by atoms with van der Waals surface area (Å²) in [5.74, 6) is -0.645. The smallest absolute Gasteiger partial charge is 0.462 e. The van der Waals surface area contributed by atoms with Gasteiger partial charge in [0.15, 0.2) is 12.2 Å². The van der Waals surface area contributed by atoms with Crippen LogP contribution in [0.15, 0.2) is 0 Å². The molecule has 3 unspecified atom stereocenters. The summed E-state index contributed by atoms with van der Waals surface area (Å²) >= 11 is 0. The molecule has 552 valence electrons. The minimum atomic E-state index is -4.95. The molecule has 0 amide bonds. The lowest BCUT2D eigenvalue weighted by atomic mass is 9.99. The summed E-state index contributed by atoms with van der Waals surface area (Å²) < 4.78 is 68.4. The monoisotopic (exact) mass is 1370 g/mol. The molecule has 3 N–H and O–H groups in total. The van der Waals surface area contributed by atoms with Crippen LogP contribution in [-0.4, -0.2) is 96.7 Å². The average molecular weight is 1370 g/mol. The first-order chi connectivity index (χ1) is 44.9. The van der Waals surface area contributed by atoms with Gasteiger partial charge in [0, 0.05) is 25.7 Å². The fraction of sp³-hybridized carbons (Fsp3) is 0.946. The normalized spacial score (nSPS) is 14.3. The number of esters is 4. The van der Waals surface area contributed by atoms with E-state index < -0.39 is 97.5 Å². The van der Waals surface area contributed by atoms with Gasteiger partial charge in [0.2, 0.25) is 0 Å². The number of hydrogen-bond acceptors (Lipinski definition) is 15. The van der Waals surface area contributed by atoms with E-state index in [1.54, 1.807) is 0 Å². The van der Waals surface area contributed by atoms with Gasteiger partial charge in [-0.15, -0.1) is 0 Å². The van der Waals surface area contributed by atoms with Crippen LogP contribution in [0.5, 0.6) is 0 Å². The number of ether oxygens (including phenoxy) is 4. The van der Waals surface area contributed by atoms with Crippen molar-refractivity contribution in [2.45, 2.75) is 400 Å². The third kappa shape index (κ3) is 67.0. The minimum Gasteiger partial charge on any atom is -0.462 e. The number of carbonyl (C=O) groups excluding carboxylic acids is 4. The fourth-order valence-corrected chi connectivity index (χ4v) is 12.8. The van der Waals surface area contributed by atoms with E-state index >= 15 is 0 Å². The molecular formula is C74H144O17P2. The van der Waals surface area contributed by atoms with Crippen molar-refractivity contribution in [3.63, 3.8) is 0 Å². The van der Waals surface area contributed by atoms with E-state index in [-0.39, 0.29) is 25.7 Å². The number of aliphatic hydroxyl groups is 1. The fourth-order valence-electron chi connectivity index (χ4n) is 11.3. The van der Waals surface area contributed by atoms with Gasteiger partial charge in [-0.25, -0.2) is 9.13 Å². The van der Waals surface area contributed by atoms with Crippen LogP contribution >= 0.6 is 15.6 Å². The quantitative estimate of drug-likeness (QED) is 0.0222. The van der Waals surface area contributed by atoms with E-state index in [1.165, 1.54) is 193 Å². The molecule has 0 bridgehead atoms. The Labute approximate surface area is 568 Å². The molecule has 0 radical (unpaired) electrons. The van der Waals surface area contributed by atoms with Crippen LogP contribution in [0.1, 0.15) is 382 Å². The first kappa shape index (κ1) is 91.1. The number of rotatable bonds is 73. The van der Waals surface area contributed by atoms with Crippen molar-refractivity contribution in [1.29, 1.82) is 0 Å². The van der Waals surface area contributed by atoms with Gasteiger partial charge in [0.25, 0.3) is 0 Å². The standard InChI is InChI=1S/C74H144O17P2/c1-7-10-12-14-16-18-20-22-23-24-25-26-28-30-32-39-46-52-58-73(78)90-69(62-84-71(76)56-50-44-38-31-29-27-21-19-17-15-13-11-8-2)64-88-92(80,81)86-60-68(75)61-87-93(82,83)89-65-70(63-85-72(77)57-51-45-41-35-36-42-48-54-66(4)5)91-74(79)59-53-47-40-34-33-37-43-49-55-67(6)9-3/h66-70,75H,7-65H2,1-6H3,(H,80,81)(H,82,83)/t67?,68-,69-,70-/m1/s1. The highest BCUT2D eigenvalue weighted by Gasteiger charge is 2.30. The van der Waals surface area contributed by atoms with Crippen molar-refractivity contribution in [2.24, 2.45) is 11.8 Å². The number of phosphoric ester groups is 2. The van der Waals surface area contributed by atoms with Crippen molar-refractivity contribution >= 4 is 39.5 Å². The summed E-state index contributed by atoms with van der Waals surface area (Å²) in [7, 11) is -9.91. The molecule has 0 aliphatic heterocycles. The zero-order valence-corrected chi connectivity index (χ0v) is 62.3. The molecule has 0 rings (SSSR count). The Morgan fingerprint density at radius 1 is 0.312 bits per heavy atom. The van der Waals surface area contributed by atoms with Crippen LogP contribution < -0.4 is 0 Å². The molecule has 17 nitrogen and oxygen atoms in total. The molecule has 19 heteroatoms. The topological polar surface area (TPSA) is 237 Å². The zero-order chi connectivity index (χ0) is 68.6. The van der Waals surface area contributed by atoms with Crippen LogP contribution in [-0.2, 0) is 65.4 Å². The van der Waals surface area contributed by atoms with Crippen LogP contribution in [0.25, 0.3) is 0 Å². The second kappa shape index (κ2) is 66.0. The molecule has 0 aromatic carbocycles. The van der Waals surface area contributed by atoms with Gasteiger partial charge in [-0.1, -0.05) is 330 Å². The Hall–Kier alpha value is -1.94. The molecule has 93 heavy (non-hydrogen) atoms. The molecule has 0 heterocycles. The molecule has 0 aliphatic carbocycles. The molecule has 0 aromatic rings. The van der Waals surface area contributed by atoms with Gasteiger partial charge in [0.1, 0.15) is 19.3 Å². The second-order valence-corrected chi connectivity index (χ2v) is 30.3. The number of carbonyl (C=O) groups is 4. The Morgan fingerprint density at radius 3 is 0.817 bits per heavy atom. The highest BCUT2D eigenvalue weighted by molar-refractivity contribution is 7.47. The maximum absolute atomic E-state index is 13.1. The SMILES string of the molecule is CCCCCCCCCCCCCCCCCCCCC(=O)O[C@H](COC(=O)CCCCCCCCCCCCCCC)COP(=O)(O)OC[C@@H](O)COP(=O)(O)OC[C@@H](COC(=O)CCCCCCCCCC(C)C)OC(=O)CCCCCCCCCCC(C)CC. The van der Waals surface area contributed by atoms with Crippen LogP contribution in [0.2, 0.25) is 0 Å². The van der Waals surface area contributed by atoms with E-state index in [9.17, 15) is 43.2 Å². The Balaban J connectivity index is 5.24. The highest BCUT2D eigenvalue weighted by atomic mass is 31.2. The largest absolute Gasteiger partial charge is 0.472 e. The lowest BCUT2D eigenvalue weighted by Crippen LogP contribution is -2.30. The van der Waals surface area contributed by atoms with Gasteiger partial charge >= 0.3 is 39.5 Å². The summed E-state index contributed by atoms with van der Waals surface area (Å²) in [6, 6.07) is 0. The van der Waals surface area contributed by atoms with E-state index in [2.05, 4.69) is 41.5 Å². The average Bonchev–Trinajstić information content (AvgIpc) is 1.87. The van der Waals surface area contributed by atoms with Crippen molar-refractivity contribution in [3.8, 4) is 0 Å². The number of phosphoric acid groups is 2. The predicted octanol–water partition coefficient (Wildman–Crippen LogP) is 21.6. The Kier molecular flexibility index (Phi) is 64.6. The molecule has 0 fully saturated rings. The molecule has 0 spiro atoms. The molecule has 0 saturated heterocycles. The Bertz CT molecular complexity index is 1810. The van der Waals surface area contributed by atoms with E-state index in [4.69, 9.17) is 37.0 Å². The van der Waals surface area contributed by atoms with Gasteiger partial charge < -0.3 is 33.8 Å². The van der Waals surface area contributed by atoms with Crippen molar-refractivity contribution < 1.29 is 80.2 Å². The van der Waals surface area contributed by atoms with E-state index in [0.717, 1.165) is 102 Å². The second-order valence-electron chi connectivity index (χ2n) is 27.4.